The maximum atomic E-state index is 6.09. The molecule has 0 fully saturated rings. The third kappa shape index (κ3) is 4.41. The third-order valence-corrected chi connectivity index (χ3v) is 2.99. The number of nitrogens with zero attached hydrogens (tertiary/aromatic N) is 2. The second kappa shape index (κ2) is 7.96. The van der Waals surface area contributed by atoms with E-state index in [1.807, 2.05) is 31.2 Å². The van der Waals surface area contributed by atoms with Crippen molar-refractivity contribution in [1.29, 1.82) is 0 Å². The summed E-state index contributed by atoms with van der Waals surface area (Å²) in [6, 6.07) is 9.53. The molecule has 0 N–H and O–H groups in total. The second-order valence-corrected chi connectivity index (χ2v) is 4.86. The van der Waals surface area contributed by atoms with Crippen LogP contribution in [-0.2, 0) is 11.3 Å². The van der Waals surface area contributed by atoms with Crippen LogP contribution in [0.15, 0.2) is 30.3 Å². The van der Waals surface area contributed by atoms with Gasteiger partial charge in [0, 0.05) is 18.2 Å². The van der Waals surface area contributed by atoms with Gasteiger partial charge in [0.15, 0.2) is 5.82 Å². The fourth-order valence-corrected chi connectivity index (χ4v) is 2.08. The highest BCUT2D eigenvalue weighted by Gasteiger charge is 2.10. The summed E-state index contributed by atoms with van der Waals surface area (Å²) in [7, 11) is 0. The largest absolute Gasteiger partial charge is 0.493 e. The molecule has 0 aliphatic rings. The van der Waals surface area contributed by atoms with Crippen LogP contribution in [0.2, 0.25) is 5.15 Å². The molecule has 0 atom stereocenters. The van der Waals surface area contributed by atoms with E-state index in [0.717, 1.165) is 23.4 Å². The summed E-state index contributed by atoms with van der Waals surface area (Å²) in [6.07, 6.45) is 0.953. The lowest BCUT2D eigenvalue weighted by atomic mass is 10.1. The predicted molar refractivity (Wildman–Crippen MR) is 83.6 cm³/mol. The number of hydrogen-bond donors (Lipinski definition) is 0. The van der Waals surface area contributed by atoms with E-state index < -0.39 is 0 Å². The Morgan fingerprint density at radius 1 is 1.14 bits per heavy atom. The van der Waals surface area contributed by atoms with Crippen LogP contribution in [0.4, 0.5) is 0 Å². The monoisotopic (exact) mass is 306 g/mol. The van der Waals surface area contributed by atoms with Crippen LogP contribution in [0.5, 0.6) is 5.75 Å². The van der Waals surface area contributed by atoms with E-state index in [0.29, 0.717) is 30.8 Å². The van der Waals surface area contributed by atoms with E-state index in [2.05, 4.69) is 16.9 Å². The average molecular weight is 307 g/mol. The van der Waals surface area contributed by atoms with E-state index in [9.17, 15) is 0 Å². The zero-order valence-electron chi connectivity index (χ0n) is 12.3. The summed E-state index contributed by atoms with van der Waals surface area (Å²) < 4.78 is 11.1. The zero-order valence-corrected chi connectivity index (χ0v) is 13.1. The molecule has 1 aromatic heterocycles. The van der Waals surface area contributed by atoms with Crippen molar-refractivity contribution < 1.29 is 9.47 Å². The first kappa shape index (κ1) is 15.7. The van der Waals surface area contributed by atoms with Gasteiger partial charge in [-0.25, -0.2) is 9.97 Å². The molecule has 0 saturated carbocycles. The molecule has 4 nitrogen and oxygen atoms in total. The van der Waals surface area contributed by atoms with Crippen LogP contribution in [0.3, 0.4) is 0 Å². The Kier molecular flexibility index (Phi) is 5.96. The molecule has 0 amide bonds. The predicted octanol–water partition coefficient (Wildman–Crippen LogP) is 4.12. The van der Waals surface area contributed by atoms with Gasteiger partial charge in [-0.3, -0.25) is 0 Å². The highest BCUT2D eigenvalue weighted by atomic mass is 35.5. The number of benzene rings is 1. The molecule has 0 aliphatic carbocycles. The Hall–Kier alpha value is -1.65. The molecule has 0 radical (unpaired) electrons. The molecular weight excluding hydrogens is 288 g/mol. The van der Waals surface area contributed by atoms with E-state index in [1.54, 1.807) is 6.07 Å². The van der Waals surface area contributed by atoms with Gasteiger partial charge in [-0.05, 0) is 25.5 Å². The summed E-state index contributed by atoms with van der Waals surface area (Å²) >= 11 is 6.09. The fraction of sp³-hybridized carbons (Fsp3) is 0.375. The summed E-state index contributed by atoms with van der Waals surface area (Å²) in [4.78, 5) is 8.69. The molecule has 0 spiro atoms. The number of halogens is 1. The summed E-state index contributed by atoms with van der Waals surface area (Å²) in [6.45, 7) is 5.63. The molecule has 112 valence electrons. The van der Waals surface area contributed by atoms with Gasteiger partial charge in [-0.1, -0.05) is 30.7 Å². The summed E-state index contributed by atoms with van der Waals surface area (Å²) in [5.74, 6) is 1.38. The van der Waals surface area contributed by atoms with Crippen molar-refractivity contribution in [3.05, 3.63) is 41.3 Å². The molecule has 0 bridgehead atoms. The minimum atomic E-state index is 0.349. The van der Waals surface area contributed by atoms with E-state index in [4.69, 9.17) is 21.1 Å². The lowest BCUT2D eigenvalue weighted by Crippen LogP contribution is -2.02. The van der Waals surface area contributed by atoms with Crippen molar-refractivity contribution in [2.45, 2.75) is 26.9 Å². The topological polar surface area (TPSA) is 44.2 Å². The first-order valence-corrected chi connectivity index (χ1v) is 7.45. The van der Waals surface area contributed by atoms with Crippen molar-refractivity contribution in [3.63, 3.8) is 0 Å². The molecule has 5 heteroatoms. The van der Waals surface area contributed by atoms with Crippen molar-refractivity contribution >= 4 is 11.6 Å². The van der Waals surface area contributed by atoms with Gasteiger partial charge in [0.2, 0.25) is 0 Å². The Morgan fingerprint density at radius 2 is 1.95 bits per heavy atom. The Balaban J connectivity index is 2.34. The Morgan fingerprint density at radius 3 is 2.71 bits per heavy atom. The van der Waals surface area contributed by atoms with Gasteiger partial charge in [-0.15, -0.1) is 0 Å². The standard InChI is InChI=1S/C16H19ClN2O2/c1-3-9-21-14-8-6-5-7-12(14)13-10-15(17)19-16(18-13)11-20-4-2/h5-8,10H,3-4,9,11H2,1-2H3. The summed E-state index contributed by atoms with van der Waals surface area (Å²) in [5, 5.41) is 0.403. The second-order valence-electron chi connectivity index (χ2n) is 4.47. The number of ether oxygens (including phenoxy) is 2. The van der Waals surface area contributed by atoms with E-state index >= 15 is 0 Å². The van der Waals surface area contributed by atoms with Crippen molar-refractivity contribution in [3.8, 4) is 17.0 Å². The van der Waals surface area contributed by atoms with Crippen LogP contribution in [0, 0.1) is 0 Å². The SMILES string of the molecule is CCCOc1ccccc1-c1cc(Cl)nc(COCC)n1. The molecule has 1 heterocycles. The number of para-hydroxylation sites is 1. The van der Waals surface area contributed by atoms with Crippen LogP contribution in [-0.4, -0.2) is 23.2 Å². The van der Waals surface area contributed by atoms with Gasteiger partial charge in [0.1, 0.15) is 17.5 Å². The smallest absolute Gasteiger partial charge is 0.156 e. The van der Waals surface area contributed by atoms with Crippen molar-refractivity contribution in [1.82, 2.24) is 9.97 Å². The lowest BCUT2D eigenvalue weighted by molar-refractivity contribution is 0.128. The molecule has 0 saturated heterocycles. The number of aromatic nitrogens is 2. The first-order chi connectivity index (χ1) is 10.2. The number of rotatable bonds is 7. The maximum Gasteiger partial charge on any atom is 0.156 e. The average Bonchev–Trinajstić information content (AvgIpc) is 2.50. The van der Waals surface area contributed by atoms with Crippen molar-refractivity contribution in [2.75, 3.05) is 13.2 Å². The van der Waals surface area contributed by atoms with Gasteiger partial charge in [0.25, 0.3) is 0 Å². The van der Waals surface area contributed by atoms with Crippen molar-refractivity contribution in [2.24, 2.45) is 0 Å². The molecule has 2 aromatic rings. The Bertz CT molecular complexity index is 590. The molecular formula is C16H19ClN2O2. The highest BCUT2D eigenvalue weighted by molar-refractivity contribution is 6.29. The zero-order chi connectivity index (χ0) is 15.1. The summed E-state index contributed by atoms with van der Waals surface area (Å²) in [5.41, 5.74) is 1.66. The van der Waals surface area contributed by atoms with E-state index in [-0.39, 0.29) is 0 Å². The van der Waals surface area contributed by atoms with Crippen LogP contribution in [0.25, 0.3) is 11.3 Å². The first-order valence-electron chi connectivity index (χ1n) is 7.08. The molecule has 0 aliphatic heterocycles. The van der Waals surface area contributed by atoms with Crippen LogP contribution < -0.4 is 4.74 Å². The van der Waals surface area contributed by atoms with Crippen LogP contribution in [0.1, 0.15) is 26.1 Å². The Labute approximate surface area is 130 Å². The quantitative estimate of drug-likeness (QED) is 0.722. The maximum absolute atomic E-state index is 6.09. The molecule has 21 heavy (non-hydrogen) atoms. The van der Waals surface area contributed by atoms with Crippen LogP contribution >= 0.6 is 11.6 Å². The van der Waals surface area contributed by atoms with Gasteiger partial charge in [0.05, 0.1) is 12.3 Å². The van der Waals surface area contributed by atoms with Gasteiger partial charge < -0.3 is 9.47 Å². The fourth-order valence-electron chi connectivity index (χ4n) is 1.88. The minimum absolute atomic E-state index is 0.349. The van der Waals surface area contributed by atoms with E-state index in [1.165, 1.54) is 0 Å². The molecule has 2 rings (SSSR count). The minimum Gasteiger partial charge on any atom is -0.493 e. The number of hydrogen-bond acceptors (Lipinski definition) is 4. The third-order valence-electron chi connectivity index (χ3n) is 2.80. The highest BCUT2D eigenvalue weighted by Crippen LogP contribution is 2.29. The lowest BCUT2D eigenvalue weighted by Gasteiger charge is -2.11. The molecule has 1 aromatic carbocycles. The molecule has 0 unspecified atom stereocenters. The van der Waals surface area contributed by atoms with Gasteiger partial charge >= 0.3 is 0 Å². The normalized spacial score (nSPS) is 10.6. The van der Waals surface area contributed by atoms with Gasteiger partial charge in [-0.2, -0.15) is 0 Å².